The number of thiophene rings is 1. The Labute approximate surface area is 135 Å². The van der Waals surface area contributed by atoms with Crippen LogP contribution in [-0.4, -0.2) is 37.6 Å². The molecular formula is C18H34N2S. The molecule has 2 nitrogen and oxygen atoms in total. The van der Waals surface area contributed by atoms with Crippen molar-refractivity contribution in [2.45, 2.75) is 58.9 Å². The van der Waals surface area contributed by atoms with E-state index < -0.39 is 0 Å². The van der Waals surface area contributed by atoms with Crippen molar-refractivity contribution in [3.05, 3.63) is 22.4 Å². The molecule has 0 amide bonds. The Bertz CT molecular complexity index is 335. The largest absolute Gasteiger partial charge is 0.316 e. The minimum atomic E-state index is 0.649. The van der Waals surface area contributed by atoms with Gasteiger partial charge in [-0.05, 0) is 70.2 Å². The predicted molar refractivity (Wildman–Crippen MR) is 96.3 cm³/mol. The number of hydrogen-bond acceptors (Lipinski definition) is 3. The SMILES string of the molecule is CC(C)CNCCCCCCN(C)C(C)Cc1cccs1. The number of unbranched alkanes of at least 4 members (excludes halogenated alkanes) is 3. The predicted octanol–water partition coefficient (Wildman–Crippen LogP) is 4.42. The molecule has 1 rings (SSSR count). The molecular weight excluding hydrogens is 276 g/mol. The number of rotatable bonds is 12. The molecule has 1 atom stereocenters. The molecule has 3 heteroatoms. The third-order valence-electron chi connectivity index (χ3n) is 4.00. The van der Waals surface area contributed by atoms with Crippen LogP contribution >= 0.6 is 11.3 Å². The van der Waals surface area contributed by atoms with Gasteiger partial charge in [-0.25, -0.2) is 0 Å². The lowest BCUT2D eigenvalue weighted by Gasteiger charge is -2.24. The quantitative estimate of drug-likeness (QED) is 0.575. The van der Waals surface area contributed by atoms with Crippen LogP contribution in [0.15, 0.2) is 17.5 Å². The van der Waals surface area contributed by atoms with Gasteiger partial charge in [0.25, 0.3) is 0 Å². The van der Waals surface area contributed by atoms with Crippen molar-refractivity contribution in [2.24, 2.45) is 5.92 Å². The zero-order valence-corrected chi connectivity index (χ0v) is 15.2. The Hall–Kier alpha value is -0.380. The smallest absolute Gasteiger partial charge is 0.0112 e. The van der Waals surface area contributed by atoms with Crippen LogP contribution in [0.25, 0.3) is 0 Å². The van der Waals surface area contributed by atoms with Crippen LogP contribution in [0.3, 0.4) is 0 Å². The molecule has 0 spiro atoms. The highest BCUT2D eigenvalue weighted by atomic mass is 32.1. The molecule has 1 heterocycles. The van der Waals surface area contributed by atoms with Crippen molar-refractivity contribution in [1.82, 2.24) is 10.2 Å². The average molecular weight is 311 g/mol. The van der Waals surface area contributed by atoms with E-state index in [1.807, 2.05) is 11.3 Å². The summed E-state index contributed by atoms with van der Waals surface area (Å²) in [5.41, 5.74) is 0. The molecule has 0 saturated carbocycles. The van der Waals surface area contributed by atoms with E-state index in [1.165, 1.54) is 50.1 Å². The second-order valence-corrected chi connectivity index (χ2v) is 7.66. The summed E-state index contributed by atoms with van der Waals surface area (Å²) in [4.78, 5) is 4.02. The average Bonchev–Trinajstić information content (AvgIpc) is 2.94. The topological polar surface area (TPSA) is 15.3 Å². The van der Waals surface area contributed by atoms with Crippen LogP contribution in [0.2, 0.25) is 0 Å². The molecule has 122 valence electrons. The molecule has 0 aliphatic rings. The second-order valence-electron chi connectivity index (χ2n) is 6.63. The summed E-state index contributed by atoms with van der Waals surface area (Å²) in [6, 6.07) is 5.05. The summed E-state index contributed by atoms with van der Waals surface area (Å²) in [5.74, 6) is 0.767. The van der Waals surface area contributed by atoms with Crippen molar-refractivity contribution in [3.8, 4) is 0 Å². The third-order valence-corrected chi connectivity index (χ3v) is 4.89. The zero-order chi connectivity index (χ0) is 15.5. The monoisotopic (exact) mass is 310 g/mol. The van der Waals surface area contributed by atoms with E-state index in [0.717, 1.165) is 12.5 Å². The second kappa shape index (κ2) is 11.2. The molecule has 1 aromatic rings. The van der Waals surface area contributed by atoms with Crippen molar-refractivity contribution in [3.63, 3.8) is 0 Å². The van der Waals surface area contributed by atoms with Gasteiger partial charge in [0.2, 0.25) is 0 Å². The Morgan fingerprint density at radius 1 is 1.14 bits per heavy atom. The maximum atomic E-state index is 3.52. The number of likely N-dealkylation sites (N-methyl/N-ethyl adjacent to an activating group) is 1. The lowest BCUT2D eigenvalue weighted by molar-refractivity contribution is 0.251. The van der Waals surface area contributed by atoms with Gasteiger partial charge in [-0.3, -0.25) is 0 Å². The summed E-state index contributed by atoms with van der Waals surface area (Å²) >= 11 is 1.88. The summed E-state index contributed by atoms with van der Waals surface area (Å²) < 4.78 is 0. The molecule has 1 aromatic heterocycles. The fourth-order valence-corrected chi connectivity index (χ4v) is 3.28. The van der Waals surface area contributed by atoms with E-state index in [0.29, 0.717) is 6.04 Å². The Morgan fingerprint density at radius 3 is 2.57 bits per heavy atom. The van der Waals surface area contributed by atoms with E-state index in [-0.39, 0.29) is 0 Å². The minimum Gasteiger partial charge on any atom is -0.316 e. The molecule has 0 aliphatic carbocycles. The number of hydrogen-bond donors (Lipinski definition) is 1. The van der Waals surface area contributed by atoms with Crippen LogP contribution in [0.4, 0.5) is 0 Å². The normalized spacial score (nSPS) is 13.2. The third kappa shape index (κ3) is 9.28. The first kappa shape index (κ1) is 18.7. The highest BCUT2D eigenvalue weighted by Crippen LogP contribution is 2.14. The highest BCUT2D eigenvalue weighted by Gasteiger charge is 2.09. The van der Waals surface area contributed by atoms with Gasteiger partial charge in [-0.1, -0.05) is 32.8 Å². The van der Waals surface area contributed by atoms with E-state index >= 15 is 0 Å². The zero-order valence-electron chi connectivity index (χ0n) is 14.4. The van der Waals surface area contributed by atoms with E-state index in [1.54, 1.807) is 0 Å². The molecule has 0 bridgehead atoms. The molecule has 21 heavy (non-hydrogen) atoms. The number of nitrogens with one attached hydrogen (secondary N) is 1. The Balaban J connectivity index is 1.96. The van der Waals surface area contributed by atoms with Gasteiger partial charge in [-0.2, -0.15) is 0 Å². The van der Waals surface area contributed by atoms with Crippen LogP contribution in [0, 0.1) is 5.92 Å². The Kier molecular flexibility index (Phi) is 9.98. The van der Waals surface area contributed by atoms with E-state index in [2.05, 4.69) is 55.5 Å². The fourth-order valence-electron chi connectivity index (χ4n) is 2.45. The molecule has 0 radical (unpaired) electrons. The van der Waals surface area contributed by atoms with Gasteiger partial charge >= 0.3 is 0 Å². The molecule has 0 aromatic carbocycles. The van der Waals surface area contributed by atoms with Crippen LogP contribution in [0.5, 0.6) is 0 Å². The minimum absolute atomic E-state index is 0.649. The van der Waals surface area contributed by atoms with Gasteiger partial charge in [0.15, 0.2) is 0 Å². The van der Waals surface area contributed by atoms with Gasteiger partial charge < -0.3 is 10.2 Å². The summed E-state index contributed by atoms with van der Waals surface area (Å²) in [5, 5.41) is 5.69. The maximum Gasteiger partial charge on any atom is 0.0112 e. The first-order chi connectivity index (χ1) is 10.1. The van der Waals surface area contributed by atoms with E-state index in [9.17, 15) is 0 Å². The van der Waals surface area contributed by atoms with Crippen LogP contribution in [-0.2, 0) is 6.42 Å². The van der Waals surface area contributed by atoms with Crippen LogP contribution < -0.4 is 5.32 Å². The summed E-state index contributed by atoms with van der Waals surface area (Å²) in [6.45, 7) is 10.4. The summed E-state index contributed by atoms with van der Waals surface area (Å²) in [7, 11) is 2.27. The van der Waals surface area contributed by atoms with Gasteiger partial charge in [0.05, 0.1) is 0 Å². The summed E-state index contributed by atoms with van der Waals surface area (Å²) in [6.07, 6.45) is 6.56. The molecule has 0 saturated heterocycles. The van der Waals surface area contributed by atoms with E-state index in [4.69, 9.17) is 0 Å². The first-order valence-electron chi connectivity index (χ1n) is 8.53. The maximum absolute atomic E-state index is 3.52. The molecule has 1 unspecified atom stereocenters. The van der Waals surface area contributed by atoms with Crippen molar-refractivity contribution in [1.29, 1.82) is 0 Å². The van der Waals surface area contributed by atoms with Gasteiger partial charge in [-0.15, -0.1) is 11.3 Å². The lowest BCUT2D eigenvalue weighted by Crippen LogP contribution is -2.31. The van der Waals surface area contributed by atoms with Crippen molar-refractivity contribution in [2.75, 3.05) is 26.7 Å². The number of nitrogens with zero attached hydrogens (tertiary/aromatic N) is 1. The molecule has 0 aliphatic heterocycles. The van der Waals surface area contributed by atoms with Gasteiger partial charge in [0, 0.05) is 10.9 Å². The molecule has 0 fully saturated rings. The molecule has 1 N–H and O–H groups in total. The highest BCUT2D eigenvalue weighted by molar-refractivity contribution is 7.09. The van der Waals surface area contributed by atoms with Crippen molar-refractivity contribution < 1.29 is 0 Å². The first-order valence-corrected chi connectivity index (χ1v) is 9.41. The lowest BCUT2D eigenvalue weighted by atomic mass is 10.1. The Morgan fingerprint density at radius 2 is 1.90 bits per heavy atom. The van der Waals surface area contributed by atoms with Gasteiger partial charge in [0.1, 0.15) is 0 Å². The standard InChI is InChI=1S/C18H34N2S/c1-16(2)15-19-11-7-5-6-8-12-20(4)17(3)14-18-10-9-13-21-18/h9-10,13,16-17,19H,5-8,11-12,14-15H2,1-4H3. The fraction of sp³-hybridized carbons (Fsp3) is 0.778. The van der Waals surface area contributed by atoms with Crippen LogP contribution in [0.1, 0.15) is 51.3 Å². The van der Waals surface area contributed by atoms with Crippen molar-refractivity contribution >= 4 is 11.3 Å².